The number of carbonyl (C=O) groups is 1. The van der Waals surface area contributed by atoms with E-state index in [1.54, 1.807) is 0 Å². The molecule has 2 rings (SSSR count). The Morgan fingerprint density at radius 3 is 2.76 bits per heavy atom. The van der Waals surface area contributed by atoms with Crippen molar-refractivity contribution < 1.29 is 9.53 Å². The van der Waals surface area contributed by atoms with E-state index in [1.807, 2.05) is 6.92 Å². The molecule has 2 fully saturated rings. The van der Waals surface area contributed by atoms with Gasteiger partial charge < -0.3 is 10.1 Å². The zero-order valence-corrected chi connectivity index (χ0v) is 11.1. The molecule has 0 aromatic rings. The molecule has 0 aromatic heterocycles. The smallest absolute Gasteiger partial charge is 0.308 e. The van der Waals surface area contributed by atoms with Crippen molar-refractivity contribution >= 4 is 5.97 Å². The molecule has 0 spiro atoms. The van der Waals surface area contributed by atoms with Crippen molar-refractivity contribution in [3.8, 4) is 0 Å². The maximum atomic E-state index is 11.7. The van der Waals surface area contributed by atoms with Gasteiger partial charge in [0.15, 0.2) is 0 Å². The molecule has 2 aliphatic carbocycles. The van der Waals surface area contributed by atoms with Crippen LogP contribution in [0.25, 0.3) is 0 Å². The molecule has 0 saturated heterocycles. The van der Waals surface area contributed by atoms with Crippen LogP contribution in [-0.2, 0) is 9.53 Å². The molecule has 1 N–H and O–H groups in total. The summed E-state index contributed by atoms with van der Waals surface area (Å²) < 4.78 is 5.13. The van der Waals surface area contributed by atoms with Crippen LogP contribution in [0.15, 0.2) is 0 Å². The molecule has 3 heteroatoms. The van der Waals surface area contributed by atoms with E-state index in [1.165, 1.54) is 19.3 Å². The van der Waals surface area contributed by atoms with Gasteiger partial charge in [-0.1, -0.05) is 6.42 Å². The Morgan fingerprint density at radius 1 is 1.35 bits per heavy atom. The Balaban J connectivity index is 1.77. The summed E-state index contributed by atoms with van der Waals surface area (Å²) in [5.74, 6) is 1.03. The molecule has 0 radical (unpaired) electrons. The molecular weight excluding hydrogens is 214 g/mol. The molecule has 2 saturated carbocycles. The second-order valence-corrected chi connectivity index (χ2v) is 5.61. The molecule has 0 heterocycles. The molecule has 2 aliphatic rings. The Hall–Kier alpha value is -0.570. The summed E-state index contributed by atoms with van der Waals surface area (Å²) in [5, 5.41) is 3.70. The third-order valence-corrected chi connectivity index (χ3v) is 4.12. The Bertz CT molecular complexity index is 263. The van der Waals surface area contributed by atoms with Crippen LogP contribution in [0.4, 0.5) is 0 Å². The lowest BCUT2D eigenvalue weighted by molar-refractivity contribution is -0.149. The van der Waals surface area contributed by atoms with Crippen molar-refractivity contribution in [3.63, 3.8) is 0 Å². The summed E-state index contributed by atoms with van der Waals surface area (Å²) in [6.45, 7) is 4.67. The molecule has 0 aliphatic heterocycles. The molecule has 98 valence electrons. The van der Waals surface area contributed by atoms with Crippen molar-refractivity contribution in [2.75, 3.05) is 6.61 Å². The van der Waals surface area contributed by atoms with Crippen LogP contribution in [0.1, 0.15) is 52.4 Å². The molecule has 3 atom stereocenters. The highest BCUT2D eigenvalue weighted by Crippen LogP contribution is 2.34. The topological polar surface area (TPSA) is 38.3 Å². The van der Waals surface area contributed by atoms with Gasteiger partial charge in [-0.05, 0) is 51.9 Å². The van der Waals surface area contributed by atoms with Crippen LogP contribution in [0.5, 0.6) is 0 Å². The molecular formula is C14H25NO2. The fourth-order valence-corrected chi connectivity index (χ4v) is 2.92. The van der Waals surface area contributed by atoms with Crippen molar-refractivity contribution in [1.82, 2.24) is 5.32 Å². The predicted octanol–water partition coefficient (Wildman–Crippen LogP) is 2.50. The lowest BCUT2D eigenvalue weighted by Crippen LogP contribution is -2.42. The number of hydrogen-bond donors (Lipinski definition) is 1. The van der Waals surface area contributed by atoms with Crippen molar-refractivity contribution in [2.45, 2.75) is 64.5 Å². The van der Waals surface area contributed by atoms with Gasteiger partial charge in [0.2, 0.25) is 0 Å². The normalized spacial score (nSPS) is 30.9. The van der Waals surface area contributed by atoms with E-state index in [-0.39, 0.29) is 11.9 Å². The zero-order chi connectivity index (χ0) is 12.3. The highest BCUT2D eigenvalue weighted by atomic mass is 16.5. The molecule has 17 heavy (non-hydrogen) atoms. The first-order valence-corrected chi connectivity index (χ1v) is 7.13. The van der Waals surface area contributed by atoms with Gasteiger partial charge in [0.25, 0.3) is 0 Å². The average Bonchev–Trinajstić information content (AvgIpc) is 3.13. The van der Waals surface area contributed by atoms with Gasteiger partial charge in [-0.2, -0.15) is 0 Å². The van der Waals surface area contributed by atoms with Gasteiger partial charge in [0.1, 0.15) is 0 Å². The monoisotopic (exact) mass is 239 g/mol. The van der Waals surface area contributed by atoms with E-state index < -0.39 is 0 Å². The van der Waals surface area contributed by atoms with Crippen LogP contribution in [-0.4, -0.2) is 24.7 Å². The van der Waals surface area contributed by atoms with Gasteiger partial charge >= 0.3 is 5.97 Å². The van der Waals surface area contributed by atoms with E-state index >= 15 is 0 Å². The van der Waals surface area contributed by atoms with Crippen LogP contribution in [0.2, 0.25) is 0 Å². The van der Waals surface area contributed by atoms with Gasteiger partial charge in [-0.25, -0.2) is 0 Å². The molecule has 3 nitrogen and oxygen atoms in total. The van der Waals surface area contributed by atoms with Gasteiger partial charge in [-0.3, -0.25) is 4.79 Å². The summed E-state index contributed by atoms with van der Waals surface area (Å²) in [5.41, 5.74) is 0. The number of rotatable bonds is 5. The van der Waals surface area contributed by atoms with E-state index in [0.717, 1.165) is 25.2 Å². The molecule has 3 unspecified atom stereocenters. The van der Waals surface area contributed by atoms with Crippen LogP contribution in [0, 0.1) is 11.8 Å². The molecule has 0 bridgehead atoms. The fourth-order valence-electron chi connectivity index (χ4n) is 2.92. The van der Waals surface area contributed by atoms with Crippen molar-refractivity contribution in [2.24, 2.45) is 11.8 Å². The number of hydrogen-bond acceptors (Lipinski definition) is 3. The second-order valence-electron chi connectivity index (χ2n) is 5.61. The minimum Gasteiger partial charge on any atom is -0.466 e. The minimum atomic E-state index is 0.0121. The quantitative estimate of drug-likeness (QED) is 0.749. The summed E-state index contributed by atoms with van der Waals surface area (Å²) >= 11 is 0. The van der Waals surface area contributed by atoms with Crippen LogP contribution in [0.3, 0.4) is 0 Å². The third-order valence-electron chi connectivity index (χ3n) is 4.12. The maximum absolute atomic E-state index is 11.7. The first-order chi connectivity index (χ1) is 8.20. The Labute approximate surface area is 104 Å². The first kappa shape index (κ1) is 12.9. The summed E-state index contributed by atoms with van der Waals surface area (Å²) in [4.78, 5) is 11.7. The van der Waals surface area contributed by atoms with E-state index in [2.05, 4.69) is 12.2 Å². The maximum Gasteiger partial charge on any atom is 0.308 e. The van der Waals surface area contributed by atoms with Crippen LogP contribution < -0.4 is 5.32 Å². The summed E-state index contributed by atoms with van der Waals surface area (Å²) in [6.07, 6.45) is 7.10. The second kappa shape index (κ2) is 5.85. The van der Waals surface area contributed by atoms with Gasteiger partial charge in [-0.15, -0.1) is 0 Å². The predicted molar refractivity (Wildman–Crippen MR) is 67.7 cm³/mol. The first-order valence-electron chi connectivity index (χ1n) is 7.13. The average molecular weight is 239 g/mol. The third kappa shape index (κ3) is 3.70. The lowest BCUT2D eigenvalue weighted by Gasteiger charge is -2.30. The zero-order valence-electron chi connectivity index (χ0n) is 11.1. The lowest BCUT2D eigenvalue weighted by atomic mass is 9.85. The van der Waals surface area contributed by atoms with Crippen molar-refractivity contribution in [3.05, 3.63) is 0 Å². The van der Waals surface area contributed by atoms with E-state index in [4.69, 9.17) is 4.74 Å². The van der Waals surface area contributed by atoms with Gasteiger partial charge in [0, 0.05) is 12.1 Å². The molecule has 0 amide bonds. The van der Waals surface area contributed by atoms with Crippen LogP contribution >= 0.6 is 0 Å². The number of carbonyl (C=O) groups excluding carboxylic acids is 1. The van der Waals surface area contributed by atoms with E-state index in [9.17, 15) is 4.79 Å². The van der Waals surface area contributed by atoms with Gasteiger partial charge in [0.05, 0.1) is 12.5 Å². The largest absolute Gasteiger partial charge is 0.466 e. The SMILES string of the molecule is CCOC(=O)C1CCCC(NC(C)C2CC2)C1. The Morgan fingerprint density at radius 2 is 2.12 bits per heavy atom. The van der Waals surface area contributed by atoms with E-state index in [0.29, 0.717) is 18.7 Å². The highest BCUT2D eigenvalue weighted by molar-refractivity contribution is 5.72. The highest BCUT2D eigenvalue weighted by Gasteiger charge is 2.32. The minimum absolute atomic E-state index is 0.0121. The summed E-state index contributed by atoms with van der Waals surface area (Å²) in [7, 11) is 0. The van der Waals surface area contributed by atoms with Crippen molar-refractivity contribution in [1.29, 1.82) is 0 Å². The molecule has 0 aromatic carbocycles. The number of ether oxygens (including phenoxy) is 1. The fraction of sp³-hybridized carbons (Fsp3) is 0.929. The Kier molecular flexibility index (Phi) is 4.43. The number of esters is 1. The summed E-state index contributed by atoms with van der Waals surface area (Å²) in [6, 6.07) is 1.15. The standard InChI is InChI=1S/C14H25NO2/c1-3-17-14(16)12-5-4-6-13(9-12)15-10(2)11-7-8-11/h10-13,15H,3-9H2,1-2H3. The number of nitrogens with one attached hydrogen (secondary N) is 1.